The zero-order valence-electron chi connectivity index (χ0n) is 22.1. The van der Waals surface area contributed by atoms with Crippen LogP contribution in [-0.4, -0.2) is 29.1 Å². The highest BCUT2D eigenvalue weighted by Crippen LogP contribution is 2.31. The van der Waals surface area contributed by atoms with E-state index in [0.717, 1.165) is 66.0 Å². The molecule has 37 heavy (non-hydrogen) atoms. The van der Waals surface area contributed by atoms with Gasteiger partial charge in [0.1, 0.15) is 5.82 Å². The van der Waals surface area contributed by atoms with E-state index in [9.17, 15) is 0 Å². The molecule has 0 radical (unpaired) electrons. The van der Waals surface area contributed by atoms with Crippen LogP contribution in [0.2, 0.25) is 0 Å². The van der Waals surface area contributed by atoms with Crippen LogP contribution < -0.4 is 10.6 Å². The van der Waals surface area contributed by atoms with E-state index in [2.05, 4.69) is 116 Å². The van der Waals surface area contributed by atoms with Crippen LogP contribution in [0.1, 0.15) is 43.4 Å². The molecule has 0 bridgehead atoms. The lowest BCUT2D eigenvalue weighted by Crippen LogP contribution is -2.20. The normalized spacial score (nSPS) is 12.2. The molecule has 0 saturated carbocycles. The van der Waals surface area contributed by atoms with Gasteiger partial charge in [0.05, 0.1) is 5.52 Å². The van der Waals surface area contributed by atoms with Crippen LogP contribution >= 0.6 is 0 Å². The summed E-state index contributed by atoms with van der Waals surface area (Å²) < 4.78 is 0. The zero-order chi connectivity index (χ0) is 25.6. The van der Waals surface area contributed by atoms with Gasteiger partial charge >= 0.3 is 0 Å². The van der Waals surface area contributed by atoms with Crippen LogP contribution in [0.25, 0.3) is 33.1 Å². The molecule has 0 amide bonds. The molecule has 1 heterocycles. The molecule has 5 aromatic rings. The molecule has 0 spiro atoms. The van der Waals surface area contributed by atoms with E-state index >= 15 is 0 Å². The van der Waals surface area contributed by atoms with E-state index < -0.39 is 0 Å². The van der Waals surface area contributed by atoms with Gasteiger partial charge in [0, 0.05) is 17.0 Å². The van der Waals surface area contributed by atoms with E-state index in [1.807, 2.05) is 0 Å². The van der Waals surface area contributed by atoms with Crippen LogP contribution in [0.5, 0.6) is 0 Å². The van der Waals surface area contributed by atoms with Crippen molar-refractivity contribution in [2.75, 3.05) is 18.4 Å². The first-order chi connectivity index (χ1) is 18.1. The Morgan fingerprint density at radius 1 is 0.838 bits per heavy atom. The Morgan fingerprint density at radius 3 is 2.46 bits per heavy atom. The van der Waals surface area contributed by atoms with Gasteiger partial charge in [-0.15, -0.1) is 0 Å². The summed E-state index contributed by atoms with van der Waals surface area (Å²) in [5.74, 6) is 1.68. The minimum absolute atomic E-state index is 0.315. The maximum absolute atomic E-state index is 5.11. The second-order valence-corrected chi connectivity index (χ2v) is 9.93. The molecule has 4 nitrogen and oxygen atoms in total. The molecule has 5 rings (SSSR count). The van der Waals surface area contributed by atoms with Crippen LogP contribution in [0.3, 0.4) is 0 Å². The fourth-order valence-electron chi connectivity index (χ4n) is 5.03. The van der Waals surface area contributed by atoms with Gasteiger partial charge in [0.15, 0.2) is 5.82 Å². The number of para-hydroxylation sites is 1. The van der Waals surface area contributed by atoms with Gasteiger partial charge in [0.2, 0.25) is 0 Å². The summed E-state index contributed by atoms with van der Waals surface area (Å²) in [5, 5.41) is 10.7. The summed E-state index contributed by atoms with van der Waals surface area (Å²) in [6.45, 7) is 8.57. The summed E-state index contributed by atoms with van der Waals surface area (Å²) >= 11 is 0. The highest BCUT2D eigenvalue weighted by molar-refractivity contribution is 5.94. The number of aromatic nitrogens is 2. The molecule has 1 aromatic heterocycles. The topological polar surface area (TPSA) is 49.8 Å². The molecule has 0 fully saturated rings. The van der Waals surface area contributed by atoms with Crippen molar-refractivity contribution >= 4 is 27.5 Å². The lowest BCUT2D eigenvalue weighted by Gasteiger charge is -2.18. The Labute approximate surface area is 220 Å². The van der Waals surface area contributed by atoms with Crippen molar-refractivity contribution in [2.24, 2.45) is 0 Å². The summed E-state index contributed by atoms with van der Waals surface area (Å²) in [4.78, 5) is 10.2. The van der Waals surface area contributed by atoms with E-state index in [0.29, 0.717) is 6.04 Å². The molecule has 0 aliphatic rings. The molecular weight excluding hydrogens is 452 g/mol. The molecule has 0 aliphatic carbocycles. The highest BCUT2D eigenvalue weighted by atomic mass is 15.1. The first-order valence-corrected chi connectivity index (χ1v) is 13.4. The van der Waals surface area contributed by atoms with Crippen LogP contribution in [0.4, 0.5) is 5.82 Å². The molecule has 0 saturated heterocycles. The fraction of sp³-hybridized carbons (Fsp3) is 0.273. The number of nitrogens with zero attached hydrogens (tertiary/aromatic N) is 2. The fourth-order valence-corrected chi connectivity index (χ4v) is 5.03. The number of hydrogen-bond acceptors (Lipinski definition) is 4. The number of anilines is 1. The lowest BCUT2D eigenvalue weighted by molar-refractivity contribution is 0.602. The number of benzene rings is 4. The Morgan fingerprint density at radius 2 is 1.62 bits per heavy atom. The summed E-state index contributed by atoms with van der Waals surface area (Å²) in [7, 11) is 0. The third kappa shape index (κ3) is 5.81. The van der Waals surface area contributed by atoms with Gasteiger partial charge in [0.25, 0.3) is 0 Å². The summed E-state index contributed by atoms with van der Waals surface area (Å²) in [6, 6.07) is 30.4. The van der Waals surface area contributed by atoms with Crippen molar-refractivity contribution in [3.63, 3.8) is 0 Å². The Kier molecular flexibility index (Phi) is 7.76. The number of nitrogens with one attached hydrogen (secondary N) is 2. The Hall–Kier alpha value is -3.76. The molecule has 0 aliphatic heterocycles. The predicted molar refractivity (Wildman–Crippen MR) is 157 cm³/mol. The number of fused-ring (bicyclic) bond motifs is 2. The molecule has 4 aromatic carbocycles. The summed E-state index contributed by atoms with van der Waals surface area (Å²) in [6.07, 6.45) is 3.08. The van der Waals surface area contributed by atoms with Crippen LogP contribution in [0, 0.1) is 6.92 Å². The SMILES string of the molecule is CCNCCCC(C)Nc1nc(-c2cc(Cc3ccccc3)c3ccccc3c2)nc2c(C)cccc12. The first-order valence-electron chi connectivity index (χ1n) is 13.4. The lowest BCUT2D eigenvalue weighted by atomic mass is 9.95. The van der Waals surface area contributed by atoms with Gasteiger partial charge in [-0.2, -0.15) is 0 Å². The Balaban J connectivity index is 1.57. The number of hydrogen-bond donors (Lipinski definition) is 2. The minimum atomic E-state index is 0.315. The average molecular weight is 489 g/mol. The maximum atomic E-state index is 5.11. The van der Waals surface area contributed by atoms with E-state index in [-0.39, 0.29) is 0 Å². The molecule has 1 unspecified atom stereocenters. The van der Waals surface area contributed by atoms with Crippen molar-refractivity contribution in [1.82, 2.24) is 15.3 Å². The van der Waals surface area contributed by atoms with Crippen molar-refractivity contribution in [3.8, 4) is 11.4 Å². The standard InChI is InChI=1S/C33H36N4/c1-4-34-19-11-13-24(3)35-33-30-18-10-12-23(2)31(30)36-32(37-33)28-21-26-16-8-9-17-29(26)27(22-28)20-25-14-6-5-7-15-25/h5-10,12,14-18,21-22,24,34H,4,11,13,19-20H2,1-3H3,(H,35,36,37). The van der Waals surface area contributed by atoms with Gasteiger partial charge in [-0.1, -0.05) is 73.7 Å². The van der Waals surface area contributed by atoms with Gasteiger partial charge in [-0.05, 0) is 91.9 Å². The largest absolute Gasteiger partial charge is 0.367 e. The average Bonchev–Trinajstić information content (AvgIpc) is 2.92. The zero-order valence-corrected chi connectivity index (χ0v) is 22.1. The minimum Gasteiger partial charge on any atom is -0.367 e. The van der Waals surface area contributed by atoms with Crippen molar-refractivity contribution in [3.05, 3.63) is 102 Å². The maximum Gasteiger partial charge on any atom is 0.162 e. The third-order valence-corrected chi connectivity index (χ3v) is 7.00. The molecular formula is C33H36N4. The van der Waals surface area contributed by atoms with Gasteiger partial charge in [-0.3, -0.25) is 0 Å². The summed E-state index contributed by atoms with van der Waals surface area (Å²) in [5.41, 5.74) is 5.81. The highest BCUT2D eigenvalue weighted by Gasteiger charge is 2.15. The van der Waals surface area contributed by atoms with Gasteiger partial charge in [-0.25, -0.2) is 9.97 Å². The van der Waals surface area contributed by atoms with Crippen molar-refractivity contribution < 1.29 is 0 Å². The first kappa shape index (κ1) is 24.9. The second-order valence-electron chi connectivity index (χ2n) is 9.93. The quantitative estimate of drug-likeness (QED) is 0.199. The molecule has 4 heteroatoms. The van der Waals surface area contributed by atoms with Crippen LogP contribution in [0.15, 0.2) is 84.9 Å². The van der Waals surface area contributed by atoms with Crippen molar-refractivity contribution in [1.29, 1.82) is 0 Å². The molecule has 2 N–H and O–H groups in total. The van der Waals surface area contributed by atoms with Crippen LogP contribution in [-0.2, 0) is 6.42 Å². The molecule has 1 atom stereocenters. The second kappa shape index (κ2) is 11.5. The molecule has 188 valence electrons. The number of aryl methyl sites for hydroxylation is 1. The van der Waals surface area contributed by atoms with Crippen molar-refractivity contribution in [2.45, 2.75) is 46.1 Å². The van der Waals surface area contributed by atoms with E-state index in [4.69, 9.17) is 9.97 Å². The third-order valence-electron chi connectivity index (χ3n) is 7.00. The monoisotopic (exact) mass is 488 g/mol. The van der Waals surface area contributed by atoms with E-state index in [1.54, 1.807) is 0 Å². The number of rotatable bonds is 10. The van der Waals surface area contributed by atoms with Gasteiger partial charge < -0.3 is 10.6 Å². The predicted octanol–water partition coefficient (Wildman–Crippen LogP) is 7.54. The van der Waals surface area contributed by atoms with E-state index in [1.165, 1.54) is 21.9 Å². The Bertz CT molecular complexity index is 1490. The smallest absolute Gasteiger partial charge is 0.162 e.